The summed E-state index contributed by atoms with van der Waals surface area (Å²) >= 11 is 1.12. The number of benzene rings is 3. The number of aryl methyl sites for hydroxylation is 2. The summed E-state index contributed by atoms with van der Waals surface area (Å²) in [5, 5.41) is 11.6. The lowest BCUT2D eigenvalue weighted by Gasteiger charge is -2.12. The van der Waals surface area contributed by atoms with Gasteiger partial charge in [0.05, 0.1) is 21.6 Å². The molecule has 0 aliphatic rings. The van der Waals surface area contributed by atoms with Crippen LogP contribution in [0.15, 0.2) is 86.0 Å². The molecule has 0 atom stereocenters. The quantitative estimate of drug-likeness (QED) is 0.295. The lowest BCUT2D eigenvalue weighted by molar-refractivity contribution is -0.385. The molecule has 10 heteroatoms. The van der Waals surface area contributed by atoms with Crippen LogP contribution in [-0.4, -0.2) is 19.2 Å². The van der Waals surface area contributed by atoms with Gasteiger partial charge in [-0.1, -0.05) is 35.5 Å². The number of nitro groups is 1. The monoisotopic (exact) mass is 482 g/mol. The predicted molar refractivity (Wildman–Crippen MR) is 124 cm³/mol. The molecular formula is C23H18N2O6S2. The van der Waals surface area contributed by atoms with Crippen molar-refractivity contribution in [2.75, 3.05) is 0 Å². The van der Waals surface area contributed by atoms with E-state index in [1.165, 1.54) is 30.5 Å². The highest BCUT2D eigenvalue weighted by atomic mass is 32.2. The molecule has 0 spiro atoms. The SMILES string of the molecule is Cc1ccc(S(=O)(=O)NC(=O)c2c(Sc3cccc([N+](=O)[O-])c3)ccc3occ(C)c23)cc1. The maximum absolute atomic E-state index is 13.3. The van der Waals surface area contributed by atoms with E-state index in [0.29, 0.717) is 26.3 Å². The van der Waals surface area contributed by atoms with Gasteiger partial charge in [-0.15, -0.1) is 0 Å². The lowest BCUT2D eigenvalue weighted by Crippen LogP contribution is -2.31. The smallest absolute Gasteiger partial charge is 0.270 e. The topological polar surface area (TPSA) is 120 Å². The summed E-state index contributed by atoms with van der Waals surface area (Å²) in [6.45, 7) is 3.58. The Labute approximate surface area is 193 Å². The fraction of sp³-hybridized carbons (Fsp3) is 0.0870. The Bertz CT molecular complexity index is 1490. The molecular weight excluding hydrogens is 464 g/mol. The molecule has 1 aromatic heterocycles. The number of hydrogen-bond donors (Lipinski definition) is 1. The average molecular weight is 483 g/mol. The summed E-state index contributed by atoms with van der Waals surface area (Å²) in [5.41, 5.74) is 1.99. The largest absolute Gasteiger partial charge is 0.464 e. The molecule has 0 saturated heterocycles. The van der Waals surface area contributed by atoms with Crippen molar-refractivity contribution in [3.8, 4) is 0 Å². The van der Waals surface area contributed by atoms with Gasteiger partial charge in [-0.2, -0.15) is 0 Å². The van der Waals surface area contributed by atoms with Crippen LogP contribution in [0.25, 0.3) is 11.0 Å². The maximum atomic E-state index is 13.3. The zero-order valence-electron chi connectivity index (χ0n) is 17.6. The first-order chi connectivity index (χ1) is 15.7. The molecule has 0 aliphatic heterocycles. The van der Waals surface area contributed by atoms with Crippen LogP contribution in [0, 0.1) is 24.0 Å². The molecule has 0 fully saturated rings. The molecule has 3 aromatic carbocycles. The standard InChI is InChI=1S/C23H18N2O6S2/c1-14-6-8-18(9-7-14)33(29,30)24-23(26)22-20(11-10-19-21(22)15(2)13-31-19)32-17-5-3-4-16(12-17)25(27)28/h3-13H,1-2H3,(H,24,26). The summed E-state index contributed by atoms with van der Waals surface area (Å²) in [5.74, 6) is -0.821. The molecule has 0 saturated carbocycles. The highest BCUT2D eigenvalue weighted by molar-refractivity contribution is 7.99. The molecule has 168 valence electrons. The molecule has 33 heavy (non-hydrogen) atoms. The lowest BCUT2D eigenvalue weighted by atomic mass is 10.1. The second-order valence-corrected chi connectivity index (χ2v) is 10.1. The van der Waals surface area contributed by atoms with E-state index in [9.17, 15) is 23.3 Å². The number of sulfonamides is 1. The number of amides is 1. The highest BCUT2D eigenvalue weighted by Gasteiger charge is 2.25. The third-order valence-electron chi connectivity index (χ3n) is 4.93. The zero-order chi connectivity index (χ0) is 23.8. The minimum absolute atomic E-state index is 0.0366. The number of fused-ring (bicyclic) bond motifs is 1. The van der Waals surface area contributed by atoms with Crippen molar-refractivity contribution < 1.29 is 22.6 Å². The maximum Gasteiger partial charge on any atom is 0.270 e. The number of non-ortho nitro benzene ring substituents is 1. The van der Waals surface area contributed by atoms with E-state index in [4.69, 9.17) is 4.42 Å². The Morgan fingerprint density at radius 1 is 1.06 bits per heavy atom. The number of furan rings is 1. The number of nitrogens with zero attached hydrogens (tertiary/aromatic N) is 1. The van der Waals surface area contributed by atoms with Crippen molar-refractivity contribution in [2.45, 2.75) is 28.5 Å². The summed E-state index contributed by atoms with van der Waals surface area (Å²) in [7, 11) is -4.13. The predicted octanol–water partition coefficient (Wildman–Crippen LogP) is 5.23. The van der Waals surface area contributed by atoms with Gasteiger partial charge in [0.15, 0.2) is 0 Å². The third kappa shape index (κ3) is 4.62. The number of rotatable bonds is 6. The molecule has 1 N–H and O–H groups in total. The van der Waals surface area contributed by atoms with E-state index in [1.54, 1.807) is 43.3 Å². The molecule has 0 unspecified atom stereocenters. The Hall–Kier alpha value is -3.63. The van der Waals surface area contributed by atoms with Crippen LogP contribution in [0.5, 0.6) is 0 Å². The van der Waals surface area contributed by atoms with Crippen LogP contribution in [0.2, 0.25) is 0 Å². The van der Waals surface area contributed by atoms with Gasteiger partial charge in [0.25, 0.3) is 21.6 Å². The van der Waals surface area contributed by atoms with Crippen LogP contribution in [-0.2, 0) is 10.0 Å². The van der Waals surface area contributed by atoms with Gasteiger partial charge in [0.2, 0.25) is 0 Å². The molecule has 0 radical (unpaired) electrons. The minimum Gasteiger partial charge on any atom is -0.464 e. The first kappa shape index (κ1) is 22.6. The normalized spacial score (nSPS) is 11.5. The Kier molecular flexibility index (Phi) is 5.96. The first-order valence-corrected chi connectivity index (χ1v) is 12.0. The van der Waals surface area contributed by atoms with Crippen molar-refractivity contribution in [3.63, 3.8) is 0 Å². The molecule has 0 aliphatic carbocycles. The van der Waals surface area contributed by atoms with Crippen molar-refractivity contribution in [3.05, 3.63) is 93.7 Å². The Morgan fingerprint density at radius 3 is 2.48 bits per heavy atom. The van der Waals surface area contributed by atoms with Gasteiger partial charge in [-0.3, -0.25) is 14.9 Å². The van der Waals surface area contributed by atoms with E-state index in [1.807, 2.05) is 6.92 Å². The van der Waals surface area contributed by atoms with Gasteiger partial charge in [0, 0.05) is 27.3 Å². The summed E-state index contributed by atoms with van der Waals surface area (Å²) in [4.78, 5) is 24.8. The Morgan fingerprint density at radius 2 is 1.79 bits per heavy atom. The van der Waals surface area contributed by atoms with Crippen LogP contribution < -0.4 is 4.72 Å². The van der Waals surface area contributed by atoms with Crippen LogP contribution in [0.1, 0.15) is 21.5 Å². The Balaban J connectivity index is 1.77. The highest BCUT2D eigenvalue weighted by Crippen LogP contribution is 2.37. The molecule has 4 aromatic rings. The fourth-order valence-corrected chi connectivity index (χ4v) is 5.28. The average Bonchev–Trinajstić information content (AvgIpc) is 3.14. The van der Waals surface area contributed by atoms with Crippen LogP contribution in [0.4, 0.5) is 5.69 Å². The van der Waals surface area contributed by atoms with E-state index in [2.05, 4.69) is 4.72 Å². The summed E-state index contributed by atoms with van der Waals surface area (Å²) in [6.07, 6.45) is 1.48. The van der Waals surface area contributed by atoms with Crippen LogP contribution >= 0.6 is 11.8 Å². The van der Waals surface area contributed by atoms with Gasteiger partial charge in [0.1, 0.15) is 5.58 Å². The van der Waals surface area contributed by atoms with Crippen LogP contribution in [0.3, 0.4) is 0 Å². The number of hydrogen-bond acceptors (Lipinski definition) is 7. The number of nitro benzene ring substituents is 1. The van der Waals surface area contributed by atoms with Crippen molar-refractivity contribution in [2.24, 2.45) is 0 Å². The zero-order valence-corrected chi connectivity index (χ0v) is 19.2. The molecule has 0 bridgehead atoms. The van der Waals surface area contributed by atoms with Crippen molar-refractivity contribution >= 4 is 44.3 Å². The number of carbonyl (C=O) groups excluding carboxylic acids is 1. The first-order valence-electron chi connectivity index (χ1n) is 9.72. The van der Waals surface area contributed by atoms with E-state index in [0.717, 1.165) is 17.3 Å². The summed E-state index contributed by atoms with van der Waals surface area (Å²) < 4.78 is 33.3. The second kappa shape index (κ2) is 8.72. The third-order valence-corrected chi connectivity index (χ3v) is 7.32. The van der Waals surface area contributed by atoms with Gasteiger partial charge < -0.3 is 4.42 Å². The van der Waals surface area contributed by atoms with Gasteiger partial charge in [-0.25, -0.2) is 13.1 Å². The minimum atomic E-state index is -4.13. The molecule has 8 nitrogen and oxygen atoms in total. The van der Waals surface area contributed by atoms with Crippen molar-refractivity contribution in [1.82, 2.24) is 4.72 Å². The van der Waals surface area contributed by atoms with E-state index >= 15 is 0 Å². The van der Waals surface area contributed by atoms with Gasteiger partial charge >= 0.3 is 0 Å². The van der Waals surface area contributed by atoms with E-state index < -0.39 is 20.9 Å². The molecule has 4 rings (SSSR count). The second-order valence-electron chi connectivity index (χ2n) is 7.33. The molecule has 1 amide bonds. The number of carbonyl (C=O) groups is 1. The fourth-order valence-electron chi connectivity index (χ4n) is 3.31. The summed E-state index contributed by atoms with van der Waals surface area (Å²) in [6, 6.07) is 15.4. The van der Waals surface area contributed by atoms with Gasteiger partial charge in [-0.05, 0) is 49.7 Å². The van der Waals surface area contributed by atoms with Crippen molar-refractivity contribution in [1.29, 1.82) is 0 Å². The molecule has 1 heterocycles. The number of nitrogens with one attached hydrogen (secondary N) is 1. The van der Waals surface area contributed by atoms with E-state index in [-0.39, 0.29) is 16.1 Å².